The first kappa shape index (κ1) is 23.8. The van der Waals surface area contributed by atoms with Crippen LogP contribution >= 0.6 is 47.2 Å². The number of aliphatic imine (C=N–C) groups is 1. The van der Waals surface area contributed by atoms with Crippen LogP contribution in [0, 0.1) is 0 Å². The van der Waals surface area contributed by atoms with E-state index in [1.165, 1.54) is 13.1 Å². The van der Waals surface area contributed by atoms with Crippen LogP contribution in [0.1, 0.15) is 19.4 Å². The molecule has 0 amide bonds. The van der Waals surface area contributed by atoms with E-state index in [4.69, 9.17) is 23.2 Å². The van der Waals surface area contributed by atoms with Crippen LogP contribution in [0.4, 0.5) is 0 Å². The van der Waals surface area contributed by atoms with Gasteiger partial charge in [-0.1, -0.05) is 36.2 Å². The molecule has 2 rings (SSSR count). The molecule has 0 aliphatic carbocycles. The fourth-order valence-electron chi connectivity index (χ4n) is 2.82. The maximum Gasteiger partial charge on any atom is 0.191 e. The number of likely N-dealkylation sites (N-methyl/N-ethyl adjacent to an activating group) is 1. The molecule has 1 fully saturated rings. The summed E-state index contributed by atoms with van der Waals surface area (Å²) in [5.41, 5.74) is 0.971. The first-order valence-electron chi connectivity index (χ1n) is 9.03. The number of hydrogen-bond acceptors (Lipinski definition) is 3. The molecular weight excluding hydrogens is 484 g/mol. The second-order valence-corrected chi connectivity index (χ2v) is 6.98. The Bertz CT molecular complexity index is 563. The molecule has 1 saturated heterocycles. The van der Waals surface area contributed by atoms with E-state index in [0.29, 0.717) is 16.6 Å². The average molecular weight is 514 g/mol. The number of nitrogens with one attached hydrogen (secondary N) is 2. The van der Waals surface area contributed by atoms with Crippen molar-refractivity contribution in [3.8, 4) is 0 Å². The molecule has 1 aromatic rings. The molecule has 0 unspecified atom stereocenters. The second kappa shape index (κ2) is 13.0. The van der Waals surface area contributed by atoms with E-state index in [-0.39, 0.29) is 24.0 Å². The molecule has 0 radical (unpaired) electrons. The van der Waals surface area contributed by atoms with Gasteiger partial charge in [0.05, 0.1) is 6.54 Å². The van der Waals surface area contributed by atoms with Gasteiger partial charge < -0.3 is 15.5 Å². The first-order chi connectivity index (χ1) is 12.1. The number of halogens is 3. The quantitative estimate of drug-likeness (QED) is 0.333. The molecule has 1 aliphatic heterocycles. The second-order valence-electron chi connectivity index (χ2n) is 6.13. The lowest BCUT2D eigenvalue weighted by Gasteiger charge is -2.34. The van der Waals surface area contributed by atoms with E-state index in [0.717, 1.165) is 50.8 Å². The number of nitrogens with zero attached hydrogens (tertiary/aromatic N) is 3. The van der Waals surface area contributed by atoms with Gasteiger partial charge in [-0.15, -0.1) is 24.0 Å². The van der Waals surface area contributed by atoms with E-state index in [9.17, 15) is 0 Å². The van der Waals surface area contributed by atoms with Crippen LogP contribution in [0.5, 0.6) is 0 Å². The van der Waals surface area contributed by atoms with E-state index >= 15 is 0 Å². The molecule has 0 spiro atoms. The van der Waals surface area contributed by atoms with Crippen LogP contribution in [-0.4, -0.2) is 68.1 Å². The highest BCUT2D eigenvalue weighted by Gasteiger charge is 2.14. The molecule has 1 aliphatic rings. The van der Waals surface area contributed by atoms with Crippen molar-refractivity contribution in [3.63, 3.8) is 0 Å². The maximum atomic E-state index is 6.21. The Morgan fingerprint density at radius 2 is 1.77 bits per heavy atom. The highest BCUT2D eigenvalue weighted by Crippen LogP contribution is 2.21. The number of rotatable bonds is 7. The lowest BCUT2D eigenvalue weighted by atomic mass is 10.2. The van der Waals surface area contributed by atoms with Crippen LogP contribution < -0.4 is 10.6 Å². The standard InChI is InChI=1S/C18H29Cl2N5.HI/c1-3-21-18(23-14-15-5-6-16(19)13-17(15)20)22-7-8-25-11-9-24(4-2)10-12-25;/h5-6,13H,3-4,7-12,14H2,1-2H3,(H2,21,22,23);1H. The smallest absolute Gasteiger partial charge is 0.191 e. The SMILES string of the molecule is CCNC(=NCc1ccc(Cl)cc1Cl)NCCN1CCN(CC)CC1.I. The summed E-state index contributed by atoms with van der Waals surface area (Å²) in [6, 6.07) is 5.52. The highest BCUT2D eigenvalue weighted by molar-refractivity contribution is 14.0. The van der Waals surface area contributed by atoms with Gasteiger partial charge in [0.25, 0.3) is 0 Å². The number of guanidine groups is 1. The maximum absolute atomic E-state index is 6.21. The van der Waals surface area contributed by atoms with Gasteiger partial charge >= 0.3 is 0 Å². The molecule has 26 heavy (non-hydrogen) atoms. The van der Waals surface area contributed by atoms with E-state index in [1.54, 1.807) is 6.07 Å². The molecule has 5 nitrogen and oxygen atoms in total. The fourth-order valence-corrected chi connectivity index (χ4v) is 3.29. The van der Waals surface area contributed by atoms with Gasteiger partial charge in [0.15, 0.2) is 5.96 Å². The summed E-state index contributed by atoms with van der Waals surface area (Å²) in [4.78, 5) is 9.61. The summed E-state index contributed by atoms with van der Waals surface area (Å²) in [5.74, 6) is 0.820. The van der Waals surface area contributed by atoms with Crippen molar-refractivity contribution < 1.29 is 0 Å². The van der Waals surface area contributed by atoms with Crippen LogP contribution in [0.2, 0.25) is 10.0 Å². The third kappa shape index (κ3) is 8.17. The van der Waals surface area contributed by atoms with Gasteiger partial charge in [0.2, 0.25) is 0 Å². The number of hydrogen-bond donors (Lipinski definition) is 2. The van der Waals surface area contributed by atoms with Crippen molar-refractivity contribution in [1.29, 1.82) is 0 Å². The van der Waals surface area contributed by atoms with Crippen LogP contribution in [0.3, 0.4) is 0 Å². The van der Waals surface area contributed by atoms with E-state index < -0.39 is 0 Å². The molecular formula is C18H30Cl2IN5. The Morgan fingerprint density at radius 1 is 1.08 bits per heavy atom. The summed E-state index contributed by atoms with van der Waals surface area (Å²) in [6.07, 6.45) is 0. The largest absolute Gasteiger partial charge is 0.357 e. The minimum Gasteiger partial charge on any atom is -0.357 e. The zero-order chi connectivity index (χ0) is 18.1. The Kier molecular flexibility index (Phi) is 11.9. The zero-order valence-electron chi connectivity index (χ0n) is 15.6. The van der Waals surface area contributed by atoms with E-state index in [2.05, 4.69) is 39.3 Å². The number of piperazine rings is 1. The lowest BCUT2D eigenvalue weighted by molar-refractivity contribution is 0.139. The fraction of sp³-hybridized carbons (Fsp3) is 0.611. The van der Waals surface area contributed by atoms with Gasteiger partial charge in [0, 0.05) is 55.9 Å². The molecule has 0 saturated carbocycles. The van der Waals surface area contributed by atoms with Gasteiger partial charge in [-0.3, -0.25) is 4.90 Å². The molecule has 148 valence electrons. The molecule has 2 N–H and O–H groups in total. The Morgan fingerprint density at radius 3 is 2.38 bits per heavy atom. The third-order valence-corrected chi connectivity index (χ3v) is 4.99. The predicted octanol–water partition coefficient (Wildman–Crippen LogP) is 3.30. The summed E-state index contributed by atoms with van der Waals surface area (Å²) < 4.78 is 0. The van der Waals surface area contributed by atoms with Gasteiger partial charge in [-0.05, 0) is 31.2 Å². The van der Waals surface area contributed by atoms with Crippen molar-refractivity contribution >= 4 is 53.1 Å². The van der Waals surface area contributed by atoms with Crippen molar-refractivity contribution in [2.24, 2.45) is 4.99 Å². The molecule has 1 heterocycles. The van der Waals surface area contributed by atoms with Crippen molar-refractivity contribution in [3.05, 3.63) is 33.8 Å². The predicted molar refractivity (Wildman–Crippen MR) is 123 cm³/mol. The Labute approximate surface area is 184 Å². The number of benzene rings is 1. The Balaban J connectivity index is 0.00000338. The average Bonchev–Trinajstić information content (AvgIpc) is 2.61. The van der Waals surface area contributed by atoms with Crippen molar-refractivity contribution in [2.45, 2.75) is 20.4 Å². The van der Waals surface area contributed by atoms with Crippen molar-refractivity contribution in [1.82, 2.24) is 20.4 Å². The zero-order valence-corrected chi connectivity index (χ0v) is 19.4. The summed E-state index contributed by atoms with van der Waals surface area (Å²) in [7, 11) is 0. The molecule has 0 bridgehead atoms. The van der Waals surface area contributed by atoms with Gasteiger partial charge in [-0.25, -0.2) is 4.99 Å². The third-order valence-electron chi connectivity index (χ3n) is 4.40. The minimum absolute atomic E-state index is 0. The minimum atomic E-state index is 0. The van der Waals surface area contributed by atoms with Crippen LogP contribution in [-0.2, 0) is 6.54 Å². The monoisotopic (exact) mass is 513 g/mol. The van der Waals surface area contributed by atoms with Gasteiger partial charge in [0.1, 0.15) is 0 Å². The molecule has 0 atom stereocenters. The highest BCUT2D eigenvalue weighted by atomic mass is 127. The van der Waals surface area contributed by atoms with E-state index in [1.807, 2.05) is 12.1 Å². The lowest BCUT2D eigenvalue weighted by Crippen LogP contribution is -2.49. The summed E-state index contributed by atoms with van der Waals surface area (Å²) in [5, 5.41) is 7.99. The Hall–Kier alpha value is -0.280. The molecule has 1 aromatic carbocycles. The summed E-state index contributed by atoms with van der Waals surface area (Å²) >= 11 is 12.2. The normalized spacial score (nSPS) is 16.2. The van der Waals surface area contributed by atoms with Crippen LogP contribution in [0.15, 0.2) is 23.2 Å². The van der Waals surface area contributed by atoms with Crippen LogP contribution in [0.25, 0.3) is 0 Å². The van der Waals surface area contributed by atoms with Crippen molar-refractivity contribution in [2.75, 3.05) is 52.4 Å². The first-order valence-corrected chi connectivity index (χ1v) is 9.78. The van der Waals surface area contributed by atoms with Gasteiger partial charge in [-0.2, -0.15) is 0 Å². The topological polar surface area (TPSA) is 42.9 Å². The molecule has 8 heteroatoms. The summed E-state index contributed by atoms with van der Waals surface area (Å²) in [6.45, 7) is 13.3. The molecule has 0 aromatic heterocycles.